The number of rotatable bonds is 6. The Kier molecular flexibility index (Phi) is 9.94. The lowest BCUT2D eigenvalue weighted by atomic mass is 10.2. The normalized spacial score (nSPS) is 11.0. The molecule has 0 N–H and O–H groups in total. The maximum Gasteiger partial charge on any atom is 0.516 e. The van der Waals surface area contributed by atoms with Crippen LogP contribution in [-0.2, 0) is 14.3 Å². The number of carbonyl (C=O) groups is 2. The topological polar surface area (TPSA) is 105 Å². The van der Waals surface area contributed by atoms with Crippen molar-refractivity contribution < 1.29 is 28.7 Å². The van der Waals surface area contributed by atoms with Gasteiger partial charge in [0.25, 0.3) is 5.69 Å². The molecule has 0 heterocycles. The Morgan fingerprint density at radius 2 is 1.83 bits per heavy atom. The first-order valence-corrected chi connectivity index (χ1v) is 6.95. The summed E-state index contributed by atoms with van der Waals surface area (Å²) in [6.07, 6.45) is -0.111. The number of nitrogens with zero attached hydrogens (tertiary/aromatic N) is 1. The number of carbonyl (C=O) groups excluding carboxylic acids is 2. The molecular weight excluding hydrogens is 306 g/mol. The van der Waals surface area contributed by atoms with Gasteiger partial charge in [-0.2, -0.15) is 0 Å². The van der Waals surface area contributed by atoms with Crippen molar-refractivity contribution >= 4 is 18.1 Å². The van der Waals surface area contributed by atoms with Gasteiger partial charge in [0.2, 0.25) is 6.29 Å². The molecule has 0 amide bonds. The molecule has 1 unspecified atom stereocenters. The summed E-state index contributed by atoms with van der Waals surface area (Å²) < 4.78 is 14.8. The van der Waals surface area contributed by atoms with Gasteiger partial charge in [-0.1, -0.05) is 20.8 Å². The van der Waals surface area contributed by atoms with Crippen molar-refractivity contribution in [3.05, 3.63) is 34.4 Å². The molecule has 1 rings (SSSR count). The van der Waals surface area contributed by atoms with E-state index in [1.54, 1.807) is 0 Å². The zero-order valence-corrected chi connectivity index (χ0v) is 13.6. The molecule has 0 saturated heterocycles. The lowest BCUT2D eigenvalue weighted by molar-refractivity contribution is -0.384. The van der Waals surface area contributed by atoms with Gasteiger partial charge in [-0.15, -0.1) is 0 Å². The fourth-order valence-corrected chi connectivity index (χ4v) is 1.31. The van der Waals surface area contributed by atoms with E-state index >= 15 is 0 Å². The van der Waals surface area contributed by atoms with Crippen molar-refractivity contribution in [3.8, 4) is 5.75 Å². The first-order valence-electron chi connectivity index (χ1n) is 6.95. The molecule has 8 nitrogen and oxygen atoms in total. The van der Waals surface area contributed by atoms with E-state index in [1.165, 1.54) is 31.4 Å². The molecule has 0 spiro atoms. The van der Waals surface area contributed by atoms with Gasteiger partial charge < -0.3 is 19.0 Å². The van der Waals surface area contributed by atoms with E-state index in [0.717, 1.165) is 6.29 Å². The fraction of sp³-hybridized carbons (Fsp3) is 0.467. The highest BCUT2D eigenvalue weighted by atomic mass is 16.8. The first kappa shape index (κ1) is 20.5. The van der Waals surface area contributed by atoms with Crippen LogP contribution in [0.4, 0.5) is 10.5 Å². The molecule has 128 valence electrons. The first-order chi connectivity index (χ1) is 10.8. The van der Waals surface area contributed by atoms with Crippen LogP contribution in [0.25, 0.3) is 0 Å². The number of nitro benzene ring substituents is 1. The predicted molar refractivity (Wildman–Crippen MR) is 82.2 cm³/mol. The van der Waals surface area contributed by atoms with Crippen LogP contribution in [0.3, 0.4) is 0 Å². The second kappa shape index (κ2) is 11.1. The number of benzene rings is 1. The van der Waals surface area contributed by atoms with E-state index in [-0.39, 0.29) is 17.4 Å². The smallest absolute Gasteiger partial charge is 0.404 e. The molecule has 0 bridgehead atoms. The monoisotopic (exact) mass is 327 g/mol. The van der Waals surface area contributed by atoms with Gasteiger partial charge in [0.05, 0.1) is 4.92 Å². The number of hydrogen-bond acceptors (Lipinski definition) is 7. The van der Waals surface area contributed by atoms with Gasteiger partial charge in [0, 0.05) is 31.6 Å². The van der Waals surface area contributed by atoms with Crippen molar-refractivity contribution in [2.75, 3.05) is 7.11 Å². The molecule has 0 aliphatic rings. The third-order valence-electron chi connectivity index (χ3n) is 2.40. The van der Waals surface area contributed by atoms with Crippen LogP contribution in [0.2, 0.25) is 0 Å². The third kappa shape index (κ3) is 8.52. The summed E-state index contributed by atoms with van der Waals surface area (Å²) in [5.74, 6) is 0.142. The van der Waals surface area contributed by atoms with Gasteiger partial charge in [-0.3, -0.25) is 10.1 Å². The highest BCUT2D eigenvalue weighted by Crippen LogP contribution is 2.18. The number of ether oxygens (including phenoxy) is 3. The molecule has 0 aliphatic heterocycles. The minimum atomic E-state index is -0.922. The third-order valence-corrected chi connectivity index (χ3v) is 2.40. The van der Waals surface area contributed by atoms with Crippen LogP contribution in [-0.4, -0.2) is 30.8 Å². The van der Waals surface area contributed by atoms with Crippen LogP contribution >= 0.6 is 0 Å². The molecule has 1 atom stereocenters. The zero-order chi connectivity index (χ0) is 17.8. The number of non-ortho nitro benzene ring substituents is 1. The quantitative estimate of drug-likeness (QED) is 0.197. The number of methoxy groups -OCH3 is 1. The van der Waals surface area contributed by atoms with Crippen molar-refractivity contribution in [2.24, 2.45) is 5.92 Å². The Hall–Kier alpha value is -2.48. The average molecular weight is 327 g/mol. The van der Waals surface area contributed by atoms with Crippen LogP contribution in [0, 0.1) is 16.0 Å². The molecule has 0 fully saturated rings. The minimum absolute atomic E-state index is 0.0191. The molecule has 23 heavy (non-hydrogen) atoms. The highest BCUT2D eigenvalue weighted by Gasteiger charge is 2.19. The molecule has 8 heteroatoms. The summed E-state index contributed by atoms with van der Waals surface area (Å²) in [5.41, 5.74) is -0.0855. The Bertz CT molecular complexity index is 499. The summed E-state index contributed by atoms with van der Waals surface area (Å²) in [6, 6.07) is 5.10. The maximum absolute atomic E-state index is 11.4. The van der Waals surface area contributed by atoms with Crippen molar-refractivity contribution in [1.82, 2.24) is 0 Å². The molecule has 1 aromatic rings. The lowest BCUT2D eigenvalue weighted by Gasteiger charge is -2.18. The summed E-state index contributed by atoms with van der Waals surface area (Å²) in [4.78, 5) is 30.5. The largest absolute Gasteiger partial charge is 0.516 e. The molecule has 1 aromatic carbocycles. The fourth-order valence-electron chi connectivity index (χ4n) is 1.31. The second-order valence-corrected chi connectivity index (χ2v) is 4.64. The molecule has 0 radical (unpaired) electrons. The predicted octanol–water partition coefficient (Wildman–Crippen LogP) is 3.33. The van der Waals surface area contributed by atoms with E-state index in [9.17, 15) is 19.7 Å². The highest BCUT2D eigenvalue weighted by molar-refractivity contribution is 5.64. The number of aldehydes is 1. The summed E-state index contributed by atoms with van der Waals surface area (Å²) in [7, 11) is 1.42. The van der Waals surface area contributed by atoms with Crippen LogP contribution in [0.15, 0.2) is 24.3 Å². The molecule has 0 aliphatic carbocycles. The van der Waals surface area contributed by atoms with Crippen molar-refractivity contribution in [2.45, 2.75) is 33.5 Å². The van der Waals surface area contributed by atoms with E-state index in [0.29, 0.717) is 6.42 Å². The molecule has 0 saturated carbocycles. The molecular formula is C15H21NO7. The van der Waals surface area contributed by atoms with Crippen molar-refractivity contribution in [3.63, 3.8) is 0 Å². The van der Waals surface area contributed by atoms with Crippen LogP contribution in [0.5, 0.6) is 5.75 Å². The Labute approximate surface area is 134 Å². The van der Waals surface area contributed by atoms with Gasteiger partial charge in [0.1, 0.15) is 12.0 Å². The van der Waals surface area contributed by atoms with E-state index in [1.807, 2.05) is 20.8 Å². The van der Waals surface area contributed by atoms with Gasteiger partial charge >= 0.3 is 6.16 Å². The minimum Gasteiger partial charge on any atom is -0.404 e. The number of hydrogen-bond donors (Lipinski definition) is 0. The van der Waals surface area contributed by atoms with Gasteiger partial charge in [-0.25, -0.2) is 4.79 Å². The Morgan fingerprint density at radius 1 is 1.30 bits per heavy atom. The Balaban J connectivity index is 0.00000108. The SMILES string of the molecule is CCC=O.COC(OC(=O)Oc1ccc([N+](=O)[O-])cc1)C(C)C. The maximum atomic E-state index is 11.4. The lowest BCUT2D eigenvalue weighted by Crippen LogP contribution is -2.27. The summed E-state index contributed by atoms with van der Waals surface area (Å²) in [6.45, 7) is 5.47. The van der Waals surface area contributed by atoms with Gasteiger partial charge in [0.15, 0.2) is 0 Å². The zero-order valence-electron chi connectivity index (χ0n) is 13.6. The van der Waals surface area contributed by atoms with E-state index < -0.39 is 17.4 Å². The van der Waals surface area contributed by atoms with E-state index in [4.69, 9.17) is 14.2 Å². The van der Waals surface area contributed by atoms with Crippen LogP contribution in [0.1, 0.15) is 27.2 Å². The standard InChI is InChI=1S/C12H15NO6.C3H6O/c1-8(2)11(17-3)19-12(14)18-10-6-4-9(5-7-10)13(15)16;1-2-3-4/h4-8,11H,1-3H3;3H,2H2,1H3. The van der Waals surface area contributed by atoms with E-state index in [2.05, 4.69) is 0 Å². The molecule has 0 aromatic heterocycles. The summed E-state index contributed by atoms with van der Waals surface area (Å²) >= 11 is 0. The van der Waals surface area contributed by atoms with Gasteiger partial charge in [-0.05, 0) is 12.1 Å². The van der Waals surface area contributed by atoms with Crippen LogP contribution < -0.4 is 4.74 Å². The summed E-state index contributed by atoms with van der Waals surface area (Å²) in [5, 5.41) is 10.5. The Morgan fingerprint density at radius 3 is 2.17 bits per heavy atom. The number of nitro groups is 1. The average Bonchev–Trinajstić information content (AvgIpc) is 2.53. The van der Waals surface area contributed by atoms with Crippen molar-refractivity contribution in [1.29, 1.82) is 0 Å². The second-order valence-electron chi connectivity index (χ2n) is 4.64.